The Morgan fingerprint density at radius 2 is 1.70 bits per heavy atom. The molecule has 0 unspecified atom stereocenters. The molecule has 2 fully saturated rings. The van der Waals surface area contributed by atoms with Crippen molar-refractivity contribution in [2.45, 2.75) is 119 Å². The highest BCUT2D eigenvalue weighted by atomic mass is 16.5. The van der Waals surface area contributed by atoms with Crippen molar-refractivity contribution >= 4 is 11.9 Å². The number of carboxylic acid groups (broad SMARTS) is 1. The lowest BCUT2D eigenvalue weighted by atomic mass is 9.43. The zero-order chi connectivity index (χ0) is 24.4. The predicted molar refractivity (Wildman–Crippen MR) is 131 cm³/mol. The molecule has 0 amide bonds. The monoisotopic (exact) mass is 458 g/mol. The van der Waals surface area contributed by atoms with Crippen molar-refractivity contribution in [2.75, 3.05) is 0 Å². The maximum atomic E-state index is 11.8. The van der Waals surface area contributed by atoms with Crippen molar-refractivity contribution in [1.29, 1.82) is 0 Å². The highest BCUT2D eigenvalue weighted by Gasteiger charge is 2.63. The molecule has 0 heterocycles. The summed E-state index contributed by atoms with van der Waals surface area (Å²) >= 11 is 0. The summed E-state index contributed by atoms with van der Waals surface area (Å²) in [5, 5.41) is 9.22. The molecule has 4 aliphatic carbocycles. The van der Waals surface area contributed by atoms with Crippen LogP contribution in [-0.4, -0.2) is 23.1 Å². The van der Waals surface area contributed by atoms with Crippen molar-refractivity contribution < 1.29 is 19.4 Å². The van der Waals surface area contributed by atoms with Gasteiger partial charge in [-0.05, 0) is 91.8 Å². The highest BCUT2D eigenvalue weighted by Crippen LogP contribution is 2.72. The van der Waals surface area contributed by atoms with Crippen LogP contribution in [0.1, 0.15) is 113 Å². The van der Waals surface area contributed by atoms with Crippen LogP contribution in [-0.2, 0) is 14.3 Å². The van der Waals surface area contributed by atoms with E-state index in [0.717, 1.165) is 19.3 Å². The number of allylic oxidation sites excluding steroid dienone is 2. The Balaban J connectivity index is 1.65. The number of carboxylic acids is 1. The summed E-state index contributed by atoms with van der Waals surface area (Å²) in [6.07, 6.45) is 10.4. The van der Waals surface area contributed by atoms with E-state index in [1.54, 1.807) is 18.1 Å². The van der Waals surface area contributed by atoms with Gasteiger partial charge in [-0.25, -0.2) is 0 Å². The number of carbonyl (C=O) groups excluding carboxylic acids is 1. The van der Waals surface area contributed by atoms with Crippen LogP contribution >= 0.6 is 0 Å². The van der Waals surface area contributed by atoms with Crippen LogP contribution in [0, 0.1) is 39.4 Å². The summed E-state index contributed by atoms with van der Waals surface area (Å²) in [5.74, 6) is 0.793. The van der Waals surface area contributed by atoms with E-state index in [2.05, 4.69) is 41.5 Å². The Labute approximate surface area is 200 Å². The third kappa shape index (κ3) is 3.60. The molecule has 0 radical (unpaired) electrons. The molecule has 0 aromatic rings. The van der Waals surface area contributed by atoms with Gasteiger partial charge in [-0.2, -0.15) is 0 Å². The van der Waals surface area contributed by atoms with Gasteiger partial charge in [0, 0.05) is 18.8 Å². The largest absolute Gasteiger partial charge is 0.481 e. The minimum absolute atomic E-state index is 0.0115. The van der Waals surface area contributed by atoms with Gasteiger partial charge in [0.1, 0.15) is 6.10 Å². The number of hydrogen-bond acceptors (Lipinski definition) is 3. The number of ether oxygens (including phenoxy) is 1. The van der Waals surface area contributed by atoms with E-state index in [9.17, 15) is 14.7 Å². The minimum atomic E-state index is -0.667. The molecule has 4 aliphatic rings. The summed E-state index contributed by atoms with van der Waals surface area (Å²) in [6, 6.07) is 0. The average Bonchev–Trinajstić information content (AvgIpc) is 3.00. The third-order valence-electron chi connectivity index (χ3n) is 11.6. The molecule has 186 valence electrons. The quantitative estimate of drug-likeness (QED) is 0.350. The number of fused-ring (bicyclic) bond motifs is 4. The van der Waals surface area contributed by atoms with Crippen LogP contribution in [0.4, 0.5) is 0 Å². The van der Waals surface area contributed by atoms with Crippen LogP contribution in [0.3, 0.4) is 0 Å². The van der Waals surface area contributed by atoms with E-state index in [1.807, 2.05) is 0 Å². The number of aliphatic carboxylic acids is 1. The molecule has 0 bridgehead atoms. The van der Waals surface area contributed by atoms with Crippen molar-refractivity contribution in [3.8, 4) is 0 Å². The highest BCUT2D eigenvalue weighted by molar-refractivity contribution is 5.66. The Bertz CT molecular complexity index is 856. The average molecular weight is 459 g/mol. The molecule has 0 aromatic carbocycles. The first-order valence-corrected chi connectivity index (χ1v) is 13.4. The van der Waals surface area contributed by atoms with Gasteiger partial charge in [-0.15, -0.1) is 0 Å². The first-order valence-electron chi connectivity index (χ1n) is 13.4. The fraction of sp³-hybridized carbons (Fsp3) is 0.862. The summed E-state index contributed by atoms with van der Waals surface area (Å²) in [6.45, 7) is 16.1. The number of carbonyl (C=O) groups is 2. The van der Waals surface area contributed by atoms with Crippen molar-refractivity contribution in [2.24, 2.45) is 39.4 Å². The molecule has 4 heteroatoms. The van der Waals surface area contributed by atoms with Gasteiger partial charge in [0.05, 0.1) is 0 Å². The first-order chi connectivity index (χ1) is 15.3. The van der Waals surface area contributed by atoms with E-state index in [1.165, 1.54) is 38.5 Å². The number of rotatable bonds is 5. The summed E-state index contributed by atoms with van der Waals surface area (Å²) in [4.78, 5) is 23.0. The Hall–Kier alpha value is -1.32. The Morgan fingerprint density at radius 3 is 2.33 bits per heavy atom. The zero-order valence-electron chi connectivity index (χ0n) is 22.1. The molecule has 0 aromatic heterocycles. The molecule has 1 N–H and O–H groups in total. The molecule has 2 saturated carbocycles. The lowest BCUT2D eigenvalue weighted by Crippen LogP contribution is -2.55. The topological polar surface area (TPSA) is 63.6 Å². The Kier molecular flexibility index (Phi) is 6.10. The predicted octanol–water partition coefficient (Wildman–Crippen LogP) is 7.17. The number of esters is 1. The molecular formula is C29H46O4. The van der Waals surface area contributed by atoms with Crippen LogP contribution in [0.15, 0.2) is 11.1 Å². The minimum Gasteiger partial charge on any atom is -0.481 e. The van der Waals surface area contributed by atoms with Crippen molar-refractivity contribution in [3.63, 3.8) is 0 Å². The van der Waals surface area contributed by atoms with Crippen LogP contribution in [0.25, 0.3) is 0 Å². The molecule has 4 rings (SSSR count). The SMILES string of the molecule is CC(=O)O[C@@H]1CC[C@]2(C)C3=C(CC[C@@H]2C1(C)C)[C@]1(C)CC[C@H]([C@H](C)CCC(=O)O)[C@]1(C)CC3. The van der Waals surface area contributed by atoms with Crippen LogP contribution in [0.5, 0.6) is 0 Å². The lowest BCUT2D eigenvalue weighted by molar-refractivity contribution is -0.167. The standard InChI is InChI=1S/C29H46O4/c1-18(8-11-25(31)32)20-12-16-29(7)22-9-10-23-26(3,4)24(33-19(2)30)14-15-27(23,5)21(22)13-17-28(20,29)6/h18,20,23-24H,8-17H2,1-7H3,(H,31,32)/t18-,20-,23-,24-,27-,28+,29+/m1/s1. The van der Waals surface area contributed by atoms with Gasteiger partial charge in [0.2, 0.25) is 0 Å². The van der Waals surface area contributed by atoms with E-state index in [4.69, 9.17) is 4.74 Å². The van der Waals surface area contributed by atoms with Crippen LogP contribution in [0.2, 0.25) is 0 Å². The molecule has 0 aliphatic heterocycles. The Morgan fingerprint density at radius 1 is 1.00 bits per heavy atom. The van der Waals surface area contributed by atoms with Gasteiger partial charge < -0.3 is 9.84 Å². The maximum Gasteiger partial charge on any atom is 0.303 e. The molecule has 7 atom stereocenters. The molecule has 0 saturated heterocycles. The van der Waals surface area contributed by atoms with E-state index in [-0.39, 0.29) is 40.2 Å². The van der Waals surface area contributed by atoms with E-state index in [0.29, 0.717) is 17.8 Å². The molecule has 4 nitrogen and oxygen atoms in total. The summed E-state index contributed by atoms with van der Waals surface area (Å²) < 4.78 is 5.83. The second-order valence-electron chi connectivity index (χ2n) is 13.2. The van der Waals surface area contributed by atoms with Gasteiger partial charge in [0.15, 0.2) is 0 Å². The number of hydrogen-bond donors (Lipinski definition) is 1. The lowest BCUT2D eigenvalue weighted by Gasteiger charge is -2.62. The zero-order valence-corrected chi connectivity index (χ0v) is 22.1. The summed E-state index contributed by atoms with van der Waals surface area (Å²) in [5.41, 5.74) is 4.18. The van der Waals surface area contributed by atoms with Gasteiger partial charge in [0.25, 0.3) is 0 Å². The molecule has 33 heavy (non-hydrogen) atoms. The van der Waals surface area contributed by atoms with E-state index < -0.39 is 5.97 Å². The second-order valence-corrected chi connectivity index (χ2v) is 13.2. The molecular weight excluding hydrogens is 412 g/mol. The van der Waals surface area contributed by atoms with E-state index >= 15 is 0 Å². The van der Waals surface area contributed by atoms with Crippen molar-refractivity contribution in [3.05, 3.63) is 11.1 Å². The fourth-order valence-electron chi connectivity index (χ4n) is 9.58. The second kappa shape index (κ2) is 8.12. The van der Waals surface area contributed by atoms with Gasteiger partial charge in [-0.3, -0.25) is 9.59 Å². The summed E-state index contributed by atoms with van der Waals surface area (Å²) in [7, 11) is 0. The smallest absolute Gasteiger partial charge is 0.303 e. The maximum absolute atomic E-state index is 11.8. The van der Waals surface area contributed by atoms with Crippen molar-refractivity contribution in [1.82, 2.24) is 0 Å². The van der Waals surface area contributed by atoms with Gasteiger partial charge in [-0.1, -0.05) is 52.7 Å². The normalized spacial score (nSPS) is 42.7. The van der Waals surface area contributed by atoms with Gasteiger partial charge >= 0.3 is 11.9 Å². The third-order valence-corrected chi connectivity index (χ3v) is 11.6. The molecule has 0 spiro atoms. The fourth-order valence-corrected chi connectivity index (χ4v) is 9.58. The first kappa shape index (κ1) is 24.8. The van der Waals surface area contributed by atoms with Crippen LogP contribution < -0.4 is 0 Å².